The number of nitrogens with zero attached hydrogens (tertiary/aromatic N) is 2. The molecule has 0 aliphatic rings. The molecule has 3 N–H and O–H groups in total. The predicted octanol–water partition coefficient (Wildman–Crippen LogP) is 1.75. The second-order valence-electron chi connectivity index (χ2n) is 3.56. The van der Waals surface area contributed by atoms with Crippen molar-refractivity contribution >= 4 is 34.7 Å². The maximum absolute atomic E-state index is 11.7. The number of thiophene rings is 1. The third kappa shape index (κ3) is 3.41. The van der Waals surface area contributed by atoms with E-state index in [1.165, 1.54) is 11.3 Å². The van der Waals surface area contributed by atoms with Gasteiger partial charge in [0.15, 0.2) is 5.69 Å². The van der Waals surface area contributed by atoms with Crippen LogP contribution in [0, 0.1) is 0 Å². The number of amides is 1. The molecule has 0 aliphatic heterocycles. The lowest BCUT2D eigenvalue weighted by Crippen LogP contribution is -2.26. The normalized spacial score (nSPS) is 10.3. The first-order valence-corrected chi connectivity index (χ1v) is 6.46. The van der Waals surface area contributed by atoms with Crippen LogP contribution in [0.2, 0.25) is 4.34 Å². The Labute approximate surface area is 113 Å². The van der Waals surface area contributed by atoms with Crippen molar-refractivity contribution < 1.29 is 4.79 Å². The Kier molecular flexibility index (Phi) is 4.11. The Morgan fingerprint density at radius 2 is 2.17 bits per heavy atom. The lowest BCUT2D eigenvalue weighted by Gasteiger charge is -2.02. The fraction of sp³-hybridized carbons (Fsp3) is 0.182. The predicted molar refractivity (Wildman–Crippen MR) is 71.8 cm³/mol. The molecule has 7 heteroatoms. The van der Waals surface area contributed by atoms with E-state index in [2.05, 4.69) is 15.5 Å². The van der Waals surface area contributed by atoms with Crippen LogP contribution in [-0.4, -0.2) is 22.6 Å². The van der Waals surface area contributed by atoms with E-state index in [9.17, 15) is 4.79 Å². The number of nitrogens with two attached hydrogens (primary N) is 1. The van der Waals surface area contributed by atoms with E-state index in [1.54, 1.807) is 12.1 Å². The number of anilines is 1. The van der Waals surface area contributed by atoms with E-state index in [0.29, 0.717) is 12.4 Å². The molecule has 0 radical (unpaired) electrons. The molecule has 18 heavy (non-hydrogen) atoms. The Bertz CT molecular complexity index is 540. The maximum atomic E-state index is 11.7. The van der Waals surface area contributed by atoms with Crippen molar-refractivity contribution in [1.82, 2.24) is 15.5 Å². The van der Waals surface area contributed by atoms with Crippen molar-refractivity contribution in [3.05, 3.63) is 39.2 Å². The lowest BCUT2D eigenvalue weighted by atomic mass is 10.3. The first-order chi connectivity index (χ1) is 8.65. The number of carbonyl (C=O) groups excluding carboxylic acids is 1. The third-order valence-electron chi connectivity index (χ3n) is 2.20. The molecule has 0 spiro atoms. The van der Waals surface area contributed by atoms with E-state index in [1.807, 2.05) is 12.1 Å². The van der Waals surface area contributed by atoms with Crippen LogP contribution in [0.25, 0.3) is 0 Å². The number of carbonyl (C=O) groups is 1. The zero-order chi connectivity index (χ0) is 13.0. The molecule has 5 nitrogen and oxygen atoms in total. The maximum Gasteiger partial charge on any atom is 0.271 e. The highest BCUT2D eigenvalue weighted by molar-refractivity contribution is 7.16. The van der Waals surface area contributed by atoms with Crippen molar-refractivity contribution in [2.45, 2.75) is 6.42 Å². The van der Waals surface area contributed by atoms with Gasteiger partial charge in [-0.25, -0.2) is 0 Å². The SMILES string of the molecule is Nc1ccc(C(=O)NCCc2ccc(Cl)s2)nn1. The molecule has 0 saturated carbocycles. The minimum Gasteiger partial charge on any atom is -0.382 e. The summed E-state index contributed by atoms with van der Waals surface area (Å²) in [4.78, 5) is 12.8. The Morgan fingerprint density at radius 3 is 2.78 bits per heavy atom. The number of rotatable bonds is 4. The summed E-state index contributed by atoms with van der Waals surface area (Å²) in [7, 11) is 0. The summed E-state index contributed by atoms with van der Waals surface area (Å²) in [6.45, 7) is 0.529. The van der Waals surface area contributed by atoms with Crippen LogP contribution in [0.4, 0.5) is 5.82 Å². The van der Waals surface area contributed by atoms with Gasteiger partial charge in [0, 0.05) is 11.4 Å². The molecule has 1 amide bonds. The molecule has 0 unspecified atom stereocenters. The van der Waals surface area contributed by atoms with Crippen molar-refractivity contribution in [2.24, 2.45) is 0 Å². The molecule has 0 atom stereocenters. The van der Waals surface area contributed by atoms with Gasteiger partial charge in [0.2, 0.25) is 0 Å². The van der Waals surface area contributed by atoms with Gasteiger partial charge in [0.05, 0.1) is 4.34 Å². The molecular formula is C11H11ClN4OS. The van der Waals surface area contributed by atoms with Gasteiger partial charge in [0.1, 0.15) is 5.82 Å². The van der Waals surface area contributed by atoms with Gasteiger partial charge in [-0.15, -0.1) is 21.5 Å². The zero-order valence-corrected chi connectivity index (χ0v) is 11.0. The summed E-state index contributed by atoms with van der Waals surface area (Å²) in [5, 5.41) is 10.1. The minimum absolute atomic E-state index is 0.258. The summed E-state index contributed by atoms with van der Waals surface area (Å²) in [6.07, 6.45) is 0.742. The highest BCUT2D eigenvalue weighted by Gasteiger charge is 2.07. The minimum atomic E-state index is -0.259. The van der Waals surface area contributed by atoms with Crippen LogP contribution in [0.1, 0.15) is 15.4 Å². The standard InChI is InChI=1S/C11H11ClN4OS/c12-9-3-1-7(18-9)5-6-14-11(17)8-2-4-10(13)16-15-8/h1-4H,5-6H2,(H2,13,16)(H,14,17). The van der Waals surface area contributed by atoms with Gasteiger partial charge in [-0.05, 0) is 30.7 Å². The largest absolute Gasteiger partial charge is 0.382 e. The fourth-order valence-corrected chi connectivity index (χ4v) is 2.43. The summed E-state index contributed by atoms with van der Waals surface area (Å²) in [5.74, 6) is 0.0323. The second kappa shape index (κ2) is 5.79. The second-order valence-corrected chi connectivity index (χ2v) is 5.35. The Morgan fingerprint density at radius 1 is 1.33 bits per heavy atom. The number of aromatic nitrogens is 2. The first kappa shape index (κ1) is 12.8. The van der Waals surface area contributed by atoms with E-state index in [0.717, 1.165) is 15.6 Å². The number of hydrogen-bond acceptors (Lipinski definition) is 5. The molecule has 94 valence electrons. The summed E-state index contributed by atoms with van der Waals surface area (Å²) in [6, 6.07) is 6.87. The van der Waals surface area contributed by atoms with Crippen LogP contribution < -0.4 is 11.1 Å². The van der Waals surface area contributed by atoms with Gasteiger partial charge in [0.25, 0.3) is 5.91 Å². The molecular weight excluding hydrogens is 272 g/mol. The van der Waals surface area contributed by atoms with Crippen molar-refractivity contribution in [3.8, 4) is 0 Å². The van der Waals surface area contributed by atoms with Gasteiger partial charge in [-0.2, -0.15) is 0 Å². The molecule has 2 heterocycles. The average Bonchev–Trinajstić information content (AvgIpc) is 2.76. The quantitative estimate of drug-likeness (QED) is 0.895. The molecule has 2 aromatic rings. The first-order valence-electron chi connectivity index (χ1n) is 5.27. The van der Waals surface area contributed by atoms with Crippen molar-refractivity contribution in [1.29, 1.82) is 0 Å². The van der Waals surface area contributed by atoms with Gasteiger partial charge < -0.3 is 11.1 Å². The molecule has 0 saturated heterocycles. The lowest BCUT2D eigenvalue weighted by molar-refractivity contribution is 0.0948. The number of halogens is 1. The summed E-state index contributed by atoms with van der Waals surface area (Å²) < 4.78 is 0.751. The smallest absolute Gasteiger partial charge is 0.271 e. The molecule has 0 bridgehead atoms. The van der Waals surface area contributed by atoms with Crippen molar-refractivity contribution in [2.75, 3.05) is 12.3 Å². The summed E-state index contributed by atoms with van der Waals surface area (Å²) >= 11 is 7.32. The van der Waals surface area contributed by atoms with Gasteiger partial charge in [-0.3, -0.25) is 4.79 Å². The Balaban J connectivity index is 1.83. The topological polar surface area (TPSA) is 80.9 Å². The van der Waals surface area contributed by atoms with Crippen LogP contribution >= 0.6 is 22.9 Å². The molecule has 0 aromatic carbocycles. The molecule has 0 aliphatic carbocycles. The summed E-state index contributed by atoms with van der Waals surface area (Å²) in [5.41, 5.74) is 5.65. The van der Waals surface area contributed by atoms with Gasteiger partial charge in [-0.1, -0.05) is 11.6 Å². The monoisotopic (exact) mass is 282 g/mol. The fourth-order valence-electron chi connectivity index (χ4n) is 1.34. The Hall–Kier alpha value is -1.66. The van der Waals surface area contributed by atoms with E-state index >= 15 is 0 Å². The van der Waals surface area contributed by atoms with Crippen LogP contribution in [-0.2, 0) is 6.42 Å². The zero-order valence-electron chi connectivity index (χ0n) is 9.39. The van der Waals surface area contributed by atoms with Crippen LogP contribution in [0.3, 0.4) is 0 Å². The van der Waals surface area contributed by atoms with E-state index in [4.69, 9.17) is 17.3 Å². The number of nitrogens with one attached hydrogen (secondary N) is 1. The van der Waals surface area contributed by atoms with Crippen molar-refractivity contribution in [3.63, 3.8) is 0 Å². The van der Waals surface area contributed by atoms with E-state index < -0.39 is 0 Å². The molecule has 2 rings (SSSR count). The molecule has 2 aromatic heterocycles. The highest BCUT2D eigenvalue weighted by atomic mass is 35.5. The third-order valence-corrected chi connectivity index (χ3v) is 3.49. The van der Waals surface area contributed by atoms with E-state index in [-0.39, 0.29) is 11.6 Å². The van der Waals surface area contributed by atoms with Gasteiger partial charge >= 0.3 is 0 Å². The van der Waals surface area contributed by atoms with Crippen LogP contribution in [0.15, 0.2) is 24.3 Å². The molecule has 0 fully saturated rings. The number of nitrogen functional groups attached to an aromatic ring is 1. The highest BCUT2D eigenvalue weighted by Crippen LogP contribution is 2.21. The van der Waals surface area contributed by atoms with Crippen LogP contribution in [0.5, 0.6) is 0 Å². The average molecular weight is 283 g/mol. The number of hydrogen-bond donors (Lipinski definition) is 2.